The van der Waals surface area contributed by atoms with Crippen LogP contribution in [-0.4, -0.2) is 50.0 Å². The average molecular weight is 451 g/mol. The molecule has 3 heterocycles. The molecule has 0 atom stereocenters. The van der Waals surface area contributed by atoms with Gasteiger partial charge in [0.2, 0.25) is 0 Å². The molecule has 4 aromatic rings. The van der Waals surface area contributed by atoms with Gasteiger partial charge in [-0.15, -0.1) is 0 Å². The molecule has 2 aromatic carbocycles. The van der Waals surface area contributed by atoms with Gasteiger partial charge < -0.3 is 15.0 Å². The molecule has 1 amide bonds. The number of aromatic amines is 1. The van der Waals surface area contributed by atoms with Crippen molar-refractivity contribution in [1.82, 2.24) is 19.3 Å². The first-order chi connectivity index (χ1) is 15.6. The number of hydrogen-bond acceptors (Lipinski definition) is 4. The normalized spacial score (nSPS) is 15.0. The van der Waals surface area contributed by atoms with Gasteiger partial charge in [-0.2, -0.15) is 0 Å². The smallest absolute Gasteiger partial charge is 0.274 e. The Kier molecular flexibility index (Phi) is 5.45. The monoisotopic (exact) mass is 450 g/mol. The van der Waals surface area contributed by atoms with E-state index in [0.29, 0.717) is 52.0 Å². The van der Waals surface area contributed by atoms with E-state index in [4.69, 9.17) is 16.7 Å². The standard InChI is InChI=1S/C24H23ClN4O3/c25-18-13-20-19(12-17(18)24(32)28-9-6-15(7-10-28)8-11-30)27-23(31)21-14-26-22(29(20)21)16-4-2-1-3-5-16/h1-5,12-15,30H,6-11H2,(H,27,31). The van der Waals surface area contributed by atoms with Crippen LogP contribution in [0.25, 0.3) is 27.9 Å². The second-order valence-electron chi connectivity index (χ2n) is 8.22. The van der Waals surface area contributed by atoms with Crippen LogP contribution in [0.4, 0.5) is 0 Å². The first-order valence-electron chi connectivity index (χ1n) is 10.8. The van der Waals surface area contributed by atoms with E-state index in [1.165, 1.54) is 0 Å². The molecule has 2 aromatic heterocycles. The summed E-state index contributed by atoms with van der Waals surface area (Å²) in [7, 11) is 0. The van der Waals surface area contributed by atoms with Crippen LogP contribution in [0.1, 0.15) is 29.6 Å². The van der Waals surface area contributed by atoms with E-state index in [1.54, 1.807) is 27.6 Å². The molecule has 0 radical (unpaired) electrons. The van der Waals surface area contributed by atoms with E-state index >= 15 is 0 Å². The summed E-state index contributed by atoms with van der Waals surface area (Å²) in [6, 6.07) is 13.0. The van der Waals surface area contributed by atoms with E-state index in [0.717, 1.165) is 24.8 Å². The van der Waals surface area contributed by atoms with Crippen molar-refractivity contribution in [1.29, 1.82) is 0 Å². The van der Waals surface area contributed by atoms with Gasteiger partial charge in [0.25, 0.3) is 11.5 Å². The van der Waals surface area contributed by atoms with Crippen LogP contribution in [0.15, 0.2) is 53.5 Å². The fourth-order valence-corrected chi connectivity index (χ4v) is 4.76. The van der Waals surface area contributed by atoms with Crippen LogP contribution >= 0.6 is 11.6 Å². The number of piperidine rings is 1. The van der Waals surface area contributed by atoms with Gasteiger partial charge in [0.1, 0.15) is 11.3 Å². The maximum atomic E-state index is 13.2. The van der Waals surface area contributed by atoms with Crippen LogP contribution in [0.3, 0.4) is 0 Å². The van der Waals surface area contributed by atoms with E-state index < -0.39 is 0 Å². The maximum absolute atomic E-state index is 13.2. The van der Waals surface area contributed by atoms with Crippen LogP contribution < -0.4 is 5.56 Å². The molecule has 5 rings (SSSR count). The lowest BCUT2D eigenvalue weighted by Crippen LogP contribution is -2.38. The van der Waals surface area contributed by atoms with Gasteiger partial charge in [-0.05, 0) is 37.3 Å². The number of H-pyrrole nitrogens is 1. The van der Waals surface area contributed by atoms with Crippen molar-refractivity contribution in [2.24, 2.45) is 5.92 Å². The topological polar surface area (TPSA) is 90.7 Å². The zero-order valence-electron chi connectivity index (χ0n) is 17.4. The van der Waals surface area contributed by atoms with Crippen LogP contribution in [0.5, 0.6) is 0 Å². The second kappa shape index (κ2) is 8.41. The summed E-state index contributed by atoms with van der Waals surface area (Å²) in [5.41, 5.74) is 2.59. The Morgan fingerprint density at radius 2 is 1.91 bits per heavy atom. The number of carbonyl (C=O) groups is 1. The molecular formula is C24H23ClN4O3. The molecular weight excluding hydrogens is 428 g/mol. The Balaban J connectivity index is 1.58. The Bertz CT molecular complexity index is 1350. The lowest BCUT2D eigenvalue weighted by Gasteiger charge is -2.32. The first kappa shape index (κ1) is 20.7. The lowest BCUT2D eigenvalue weighted by atomic mass is 9.93. The molecule has 1 aliphatic heterocycles. The predicted molar refractivity (Wildman–Crippen MR) is 124 cm³/mol. The molecule has 0 aliphatic carbocycles. The van der Waals surface area contributed by atoms with Gasteiger partial charge in [-0.25, -0.2) is 4.98 Å². The highest BCUT2D eigenvalue weighted by atomic mass is 35.5. The summed E-state index contributed by atoms with van der Waals surface area (Å²) in [6.45, 7) is 1.44. The van der Waals surface area contributed by atoms with Gasteiger partial charge in [-0.3, -0.25) is 14.0 Å². The second-order valence-corrected chi connectivity index (χ2v) is 8.63. The van der Waals surface area contributed by atoms with Crippen molar-refractivity contribution >= 4 is 34.1 Å². The number of hydrogen-bond donors (Lipinski definition) is 2. The number of amides is 1. The summed E-state index contributed by atoms with van der Waals surface area (Å²) in [6.07, 6.45) is 4.05. The third-order valence-corrected chi connectivity index (χ3v) is 6.58. The molecule has 164 valence electrons. The SMILES string of the molecule is O=C(c1cc2[nH]c(=O)c3cnc(-c4ccccc4)n3c2cc1Cl)N1CCC(CCO)CC1. The third-order valence-electron chi connectivity index (χ3n) is 6.27. The molecule has 0 unspecified atom stereocenters. The van der Waals surface area contributed by atoms with Crippen LogP contribution in [0, 0.1) is 5.92 Å². The van der Waals surface area contributed by atoms with Crippen molar-refractivity contribution in [3.63, 3.8) is 0 Å². The van der Waals surface area contributed by atoms with Gasteiger partial charge in [0, 0.05) is 25.3 Å². The maximum Gasteiger partial charge on any atom is 0.274 e. The number of halogens is 1. The summed E-state index contributed by atoms with van der Waals surface area (Å²) in [5, 5.41) is 9.48. The number of nitrogens with zero attached hydrogens (tertiary/aromatic N) is 3. The van der Waals surface area contributed by atoms with Crippen LogP contribution in [-0.2, 0) is 0 Å². The fraction of sp³-hybridized carbons (Fsp3) is 0.292. The van der Waals surface area contributed by atoms with Crippen molar-refractivity contribution in [3.8, 4) is 11.4 Å². The summed E-state index contributed by atoms with van der Waals surface area (Å²) >= 11 is 6.59. The Hall–Kier alpha value is -3.16. The number of fused-ring (bicyclic) bond motifs is 3. The molecule has 8 heteroatoms. The number of nitrogens with one attached hydrogen (secondary N) is 1. The van der Waals surface area contributed by atoms with E-state index in [1.807, 2.05) is 30.3 Å². The quantitative estimate of drug-likeness (QED) is 0.495. The minimum atomic E-state index is -0.280. The number of likely N-dealkylation sites (tertiary alicyclic amines) is 1. The van der Waals surface area contributed by atoms with Crippen molar-refractivity contribution in [2.75, 3.05) is 19.7 Å². The number of aliphatic hydroxyl groups is 1. The number of aliphatic hydroxyl groups excluding tert-OH is 1. The average Bonchev–Trinajstić information content (AvgIpc) is 3.26. The highest BCUT2D eigenvalue weighted by Gasteiger charge is 2.25. The van der Waals surface area contributed by atoms with Crippen LogP contribution in [0.2, 0.25) is 5.02 Å². The largest absolute Gasteiger partial charge is 0.396 e. The molecule has 1 saturated heterocycles. The van der Waals surface area contributed by atoms with Gasteiger partial charge in [0.05, 0.1) is 27.8 Å². The Morgan fingerprint density at radius 1 is 1.16 bits per heavy atom. The first-order valence-corrected chi connectivity index (χ1v) is 11.1. The highest BCUT2D eigenvalue weighted by molar-refractivity contribution is 6.34. The number of benzene rings is 2. The van der Waals surface area contributed by atoms with Gasteiger partial charge in [-0.1, -0.05) is 41.9 Å². The van der Waals surface area contributed by atoms with Crippen molar-refractivity contribution < 1.29 is 9.90 Å². The molecule has 1 fully saturated rings. The van der Waals surface area contributed by atoms with E-state index in [-0.39, 0.29) is 18.1 Å². The van der Waals surface area contributed by atoms with Gasteiger partial charge >= 0.3 is 0 Å². The molecule has 0 saturated carbocycles. The zero-order chi connectivity index (χ0) is 22.2. The number of rotatable bonds is 4. The van der Waals surface area contributed by atoms with Crippen molar-refractivity contribution in [2.45, 2.75) is 19.3 Å². The molecule has 7 nitrogen and oxygen atoms in total. The fourth-order valence-electron chi connectivity index (χ4n) is 4.52. The number of aromatic nitrogens is 3. The highest BCUT2D eigenvalue weighted by Crippen LogP contribution is 2.29. The number of carbonyl (C=O) groups excluding carboxylic acids is 1. The zero-order valence-corrected chi connectivity index (χ0v) is 18.2. The molecule has 1 aliphatic rings. The molecule has 32 heavy (non-hydrogen) atoms. The summed E-state index contributed by atoms with van der Waals surface area (Å²) in [5.74, 6) is 0.936. The minimum Gasteiger partial charge on any atom is -0.396 e. The third kappa shape index (κ3) is 3.57. The molecule has 0 bridgehead atoms. The summed E-state index contributed by atoms with van der Waals surface area (Å²) in [4.78, 5) is 35.1. The lowest BCUT2D eigenvalue weighted by molar-refractivity contribution is 0.0678. The van der Waals surface area contributed by atoms with Crippen molar-refractivity contribution in [3.05, 3.63) is 69.6 Å². The predicted octanol–water partition coefficient (Wildman–Crippen LogP) is 3.73. The van der Waals surface area contributed by atoms with Gasteiger partial charge in [0.15, 0.2) is 0 Å². The Morgan fingerprint density at radius 3 is 2.62 bits per heavy atom. The summed E-state index contributed by atoms with van der Waals surface area (Å²) < 4.78 is 1.78. The minimum absolute atomic E-state index is 0.144. The molecule has 2 N–H and O–H groups in total. The Labute approximate surface area is 189 Å². The van der Waals surface area contributed by atoms with E-state index in [2.05, 4.69) is 9.97 Å². The number of imidazole rings is 1. The van der Waals surface area contributed by atoms with E-state index in [9.17, 15) is 9.59 Å². The molecule has 0 spiro atoms.